The largest absolute Gasteiger partial charge is 0.508 e. The number of rotatable bonds is 4. The van der Waals surface area contributed by atoms with Crippen molar-refractivity contribution in [2.24, 2.45) is 7.05 Å². The third kappa shape index (κ3) is 5.48. The molecule has 0 atom stereocenters. The van der Waals surface area contributed by atoms with Gasteiger partial charge in [0.15, 0.2) is 17.4 Å². The van der Waals surface area contributed by atoms with Gasteiger partial charge in [0.2, 0.25) is 0 Å². The zero-order chi connectivity index (χ0) is 30.8. The van der Waals surface area contributed by atoms with Gasteiger partial charge in [-0.05, 0) is 52.1 Å². The van der Waals surface area contributed by atoms with Crippen LogP contribution in [0.4, 0.5) is 0 Å². The van der Waals surface area contributed by atoms with E-state index in [1.165, 1.54) is 21.9 Å². The molecule has 0 radical (unpaired) electrons. The smallest absolute Gasteiger partial charge is 0.188 e. The first-order valence-electron chi connectivity index (χ1n) is 15.1. The van der Waals surface area contributed by atoms with Crippen LogP contribution in [0.25, 0.3) is 44.3 Å². The second-order valence-corrected chi connectivity index (χ2v) is 13.6. The van der Waals surface area contributed by atoms with E-state index in [9.17, 15) is 0 Å². The predicted molar refractivity (Wildman–Crippen MR) is 180 cm³/mol. The number of pyridine rings is 1. The van der Waals surface area contributed by atoms with E-state index in [4.69, 9.17) is 9.72 Å². The van der Waals surface area contributed by atoms with Crippen molar-refractivity contribution >= 4 is 32.8 Å². The molecular weight excluding hydrogens is 736 g/mol. The Morgan fingerprint density at radius 3 is 2.18 bits per heavy atom. The number of imidazole rings is 1. The van der Waals surface area contributed by atoms with Crippen molar-refractivity contribution in [3.63, 3.8) is 0 Å². The van der Waals surface area contributed by atoms with Crippen molar-refractivity contribution < 1.29 is 25.8 Å². The van der Waals surface area contributed by atoms with Crippen molar-refractivity contribution in [2.45, 2.75) is 52.4 Å². The summed E-state index contributed by atoms with van der Waals surface area (Å²) in [4.78, 5) is 4.86. The fourth-order valence-corrected chi connectivity index (χ4v) is 6.09. The predicted octanol–water partition coefficient (Wildman–Crippen LogP) is 9.73. The zero-order valence-corrected chi connectivity index (χ0v) is 29.0. The average Bonchev–Trinajstić information content (AvgIpc) is 3.51. The standard InChI is InChI=1S/C39H37N4O.Pt/c1-38(2,3)26-19-20-40-36(21-26)43-32-16-9-8-15-30(32)37-31(39(4,5)6)23-29(24-35(37)43)44-28-14-12-13-27(22-28)42-25-41(7)33-17-10-11-18-34(33)42;/h8-21,23,25H,1-7H3;/q-1;. The van der Waals surface area contributed by atoms with Gasteiger partial charge in [-0.25, -0.2) is 14.1 Å². The number of fused-ring (bicyclic) bond motifs is 4. The van der Waals surface area contributed by atoms with Crippen LogP contribution in [0.2, 0.25) is 0 Å². The third-order valence-corrected chi connectivity index (χ3v) is 8.35. The van der Waals surface area contributed by atoms with E-state index in [2.05, 4.69) is 154 Å². The number of hydrogen-bond donors (Lipinski definition) is 0. The van der Waals surface area contributed by atoms with Crippen molar-refractivity contribution in [3.05, 3.63) is 121 Å². The molecular formula is C39H37N4OPt-. The number of hydrogen-bond acceptors (Lipinski definition) is 2. The molecule has 0 saturated heterocycles. The van der Waals surface area contributed by atoms with E-state index >= 15 is 0 Å². The van der Waals surface area contributed by atoms with Crippen LogP contribution in [0.3, 0.4) is 0 Å². The summed E-state index contributed by atoms with van der Waals surface area (Å²) in [5.41, 5.74) is 7.50. The van der Waals surface area contributed by atoms with Gasteiger partial charge in [-0.2, -0.15) is 6.07 Å². The van der Waals surface area contributed by atoms with Gasteiger partial charge in [0.25, 0.3) is 0 Å². The Bertz CT molecular complexity index is 2190. The Balaban J connectivity index is 0.00000357. The number of ether oxygens (including phenoxy) is 1. The molecule has 0 aliphatic rings. The molecule has 0 bridgehead atoms. The molecule has 3 aromatic heterocycles. The normalized spacial score (nSPS) is 12.2. The summed E-state index contributed by atoms with van der Waals surface area (Å²) in [5, 5.41) is 2.35. The molecule has 3 heterocycles. The summed E-state index contributed by atoms with van der Waals surface area (Å²) in [6, 6.07) is 36.5. The van der Waals surface area contributed by atoms with Crippen LogP contribution in [0, 0.1) is 12.1 Å². The van der Waals surface area contributed by atoms with E-state index in [-0.39, 0.29) is 31.9 Å². The van der Waals surface area contributed by atoms with E-state index < -0.39 is 0 Å². The molecule has 6 heteroatoms. The molecule has 0 amide bonds. The zero-order valence-electron chi connectivity index (χ0n) is 26.8. The molecule has 0 aliphatic heterocycles. The summed E-state index contributed by atoms with van der Waals surface area (Å²) in [5.74, 6) is 2.15. The molecule has 4 aromatic carbocycles. The second-order valence-electron chi connectivity index (χ2n) is 13.6. The molecule has 5 nitrogen and oxygen atoms in total. The second kappa shape index (κ2) is 11.3. The molecule has 0 fully saturated rings. The number of para-hydroxylation sites is 3. The minimum atomic E-state index is -0.147. The van der Waals surface area contributed by atoms with Crippen LogP contribution in [-0.4, -0.2) is 18.7 Å². The van der Waals surface area contributed by atoms with Crippen LogP contribution < -0.4 is 4.74 Å². The average molecular weight is 773 g/mol. The quantitative estimate of drug-likeness (QED) is 0.167. The summed E-state index contributed by atoms with van der Waals surface area (Å²) >= 11 is 0. The van der Waals surface area contributed by atoms with Crippen molar-refractivity contribution in [2.75, 3.05) is 0 Å². The Labute approximate surface area is 279 Å². The molecule has 7 rings (SSSR count). The Kier molecular flexibility index (Phi) is 7.73. The summed E-state index contributed by atoms with van der Waals surface area (Å²) < 4.78 is 13.1. The molecule has 0 saturated carbocycles. The van der Waals surface area contributed by atoms with Gasteiger partial charge in [-0.15, -0.1) is 29.8 Å². The van der Waals surface area contributed by atoms with E-state index in [0.717, 1.165) is 33.6 Å². The van der Waals surface area contributed by atoms with Crippen LogP contribution in [-0.2, 0) is 38.9 Å². The maximum atomic E-state index is 6.60. The summed E-state index contributed by atoms with van der Waals surface area (Å²) in [6.45, 7) is 13.4. The van der Waals surface area contributed by atoms with E-state index in [1.807, 2.05) is 18.3 Å². The molecule has 0 N–H and O–H groups in total. The number of nitrogens with zero attached hydrogens (tertiary/aromatic N) is 4. The minimum absolute atomic E-state index is 0. The van der Waals surface area contributed by atoms with Crippen molar-refractivity contribution in [3.8, 4) is 23.0 Å². The monoisotopic (exact) mass is 772 g/mol. The van der Waals surface area contributed by atoms with Gasteiger partial charge in [-0.3, -0.25) is 0 Å². The molecule has 230 valence electrons. The van der Waals surface area contributed by atoms with Crippen molar-refractivity contribution in [1.29, 1.82) is 0 Å². The Morgan fingerprint density at radius 2 is 1.44 bits per heavy atom. The maximum Gasteiger partial charge on any atom is 0.188 e. The van der Waals surface area contributed by atoms with Crippen LogP contribution in [0.5, 0.6) is 11.5 Å². The number of benzene rings is 4. The molecule has 0 unspecified atom stereocenters. The third-order valence-electron chi connectivity index (χ3n) is 8.35. The molecule has 0 spiro atoms. The molecule has 7 aromatic rings. The summed E-state index contributed by atoms with van der Waals surface area (Å²) in [7, 11) is 2.06. The Hall–Kier alpha value is -4.21. The topological polar surface area (TPSA) is 36.9 Å². The van der Waals surface area contributed by atoms with Gasteiger partial charge in [0.05, 0.1) is 0 Å². The Morgan fingerprint density at radius 1 is 0.733 bits per heavy atom. The first-order chi connectivity index (χ1) is 21.0. The summed E-state index contributed by atoms with van der Waals surface area (Å²) in [6.07, 6.45) is 3.99. The van der Waals surface area contributed by atoms with Crippen LogP contribution >= 0.6 is 0 Å². The van der Waals surface area contributed by atoms with Crippen molar-refractivity contribution in [1.82, 2.24) is 18.7 Å². The van der Waals surface area contributed by atoms with Gasteiger partial charge in [0, 0.05) is 69.1 Å². The van der Waals surface area contributed by atoms with Gasteiger partial charge < -0.3 is 9.30 Å². The van der Waals surface area contributed by atoms with Gasteiger partial charge >= 0.3 is 0 Å². The number of aromatic nitrogens is 4. The fraction of sp³-hybridized carbons (Fsp3) is 0.231. The SMILES string of the molecule is Cn1[cH+]n(-c2[c-]c(Oc3[c-]c4c(c(C(C)(C)C)c3)c3ccccc3n4-c3cc(C(C)(C)C)ccn3)ccc2)c2ccccc21.[Pt]. The van der Waals surface area contributed by atoms with Crippen LogP contribution in [0.15, 0.2) is 97.5 Å². The van der Waals surface area contributed by atoms with Crippen LogP contribution in [0.1, 0.15) is 52.7 Å². The van der Waals surface area contributed by atoms with E-state index in [0.29, 0.717) is 11.5 Å². The van der Waals surface area contributed by atoms with E-state index in [1.54, 1.807) is 0 Å². The minimum Gasteiger partial charge on any atom is -0.508 e. The number of aryl methyl sites for hydroxylation is 1. The maximum absolute atomic E-state index is 6.60. The van der Waals surface area contributed by atoms with Gasteiger partial charge in [0.1, 0.15) is 5.82 Å². The van der Waals surface area contributed by atoms with Gasteiger partial charge in [-0.1, -0.05) is 76.7 Å². The first-order valence-corrected chi connectivity index (χ1v) is 15.1. The fourth-order valence-electron chi connectivity index (χ4n) is 6.09. The molecule has 0 aliphatic carbocycles. The first kappa shape index (κ1) is 30.8. The molecule has 45 heavy (non-hydrogen) atoms.